The van der Waals surface area contributed by atoms with Crippen LogP contribution < -0.4 is 20.9 Å². The minimum absolute atomic E-state index is 0. The Hall–Kier alpha value is -2.33. The predicted octanol–water partition coefficient (Wildman–Crippen LogP) is 3.75. The smallest absolute Gasteiger partial charge is 0.227 e. The fourth-order valence-corrected chi connectivity index (χ4v) is 3.44. The largest absolute Gasteiger partial charge is 0.383 e. The maximum Gasteiger partial charge on any atom is 0.227 e. The van der Waals surface area contributed by atoms with Crippen molar-refractivity contribution < 1.29 is 9.53 Å². The third-order valence-electron chi connectivity index (χ3n) is 5.13. The molecule has 0 saturated carbocycles. The van der Waals surface area contributed by atoms with E-state index in [1.54, 1.807) is 7.11 Å². The third-order valence-corrected chi connectivity index (χ3v) is 5.13. The second-order valence-corrected chi connectivity index (χ2v) is 7.48. The number of ether oxygens (including phenoxy) is 1. The normalized spacial score (nSPS) is 13.6. The first-order valence-electron chi connectivity index (χ1n) is 10.9. The molecule has 8 heteroatoms. The Bertz CT molecular complexity index is 856. The lowest BCUT2D eigenvalue weighted by atomic mass is 10.2. The number of benzene rings is 2. The van der Waals surface area contributed by atoms with Crippen LogP contribution >= 0.6 is 24.0 Å². The van der Waals surface area contributed by atoms with Gasteiger partial charge < -0.3 is 25.6 Å². The average Bonchev–Trinajstić information content (AvgIpc) is 3.23. The summed E-state index contributed by atoms with van der Waals surface area (Å²) >= 11 is 0. The molecule has 0 atom stereocenters. The number of carbonyl (C=O) groups excluding carboxylic acids is 1. The summed E-state index contributed by atoms with van der Waals surface area (Å²) in [6, 6.07) is 16.5. The lowest BCUT2D eigenvalue weighted by Gasteiger charge is -2.16. The average molecular weight is 551 g/mol. The molecule has 0 aliphatic carbocycles. The Morgan fingerprint density at radius 1 is 1.06 bits per heavy atom. The van der Waals surface area contributed by atoms with E-state index in [0.717, 1.165) is 49.0 Å². The van der Waals surface area contributed by atoms with Crippen molar-refractivity contribution in [1.29, 1.82) is 0 Å². The van der Waals surface area contributed by atoms with Crippen molar-refractivity contribution in [3.05, 3.63) is 59.7 Å². The summed E-state index contributed by atoms with van der Waals surface area (Å²) < 4.78 is 5.06. The van der Waals surface area contributed by atoms with Crippen LogP contribution in [-0.2, 0) is 22.6 Å². The summed E-state index contributed by atoms with van der Waals surface area (Å²) in [4.78, 5) is 18.4. The highest BCUT2D eigenvalue weighted by Gasteiger charge is 2.21. The quantitative estimate of drug-likeness (QED) is 0.182. The second-order valence-electron chi connectivity index (χ2n) is 7.48. The van der Waals surface area contributed by atoms with E-state index >= 15 is 0 Å². The highest BCUT2D eigenvalue weighted by atomic mass is 127. The van der Waals surface area contributed by atoms with Gasteiger partial charge in [-0.1, -0.05) is 24.3 Å². The Morgan fingerprint density at radius 2 is 1.78 bits per heavy atom. The molecule has 1 heterocycles. The molecule has 1 fully saturated rings. The number of nitrogens with one attached hydrogen (secondary N) is 3. The number of guanidine groups is 1. The minimum Gasteiger partial charge on any atom is -0.383 e. The van der Waals surface area contributed by atoms with Crippen LogP contribution in [0.2, 0.25) is 0 Å². The van der Waals surface area contributed by atoms with E-state index in [4.69, 9.17) is 9.73 Å². The Morgan fingerprint density at radius 3 is 2.41 bits per heavy atom. The lowest BCUT2D eigenvalue weighted by molar-refractivity contribution is -0.117. The molecule has 1 aliphatic heterocycles. The van der Waals surface area contributed by atoms with Gasteiger partial charge in [0.1, 0.15) is 0 Å². The molecule has 1 amide bonds. The third kappa shape index (κ3) is 7.98. The molecule has 2 aromatic rings. The number of methoxy groups -OCH3 is 1. The second kappa shape index (κ2) is 13.9. The topological polar surface area (TPSA) is 78.0 Å². The van der Waals surface area contributed by atoms with Crippen molar-refractivity contribution in [2.24, 2.45) is 4.99 Å². The Kier molecular flexibility index (Phi) is 11.3. The van der Waals surface area contributed by atoms with Gasteiger partial charge in [0.05, 0.1) is 13.2 Å². The van der Waals surface area contributed by atoms with Gasteiger partial charge in [-0.3, -0.25) is 4.79 Å². The summed E-state index contributed by atoms with van der Waals surface area (Å²) in [5.74, 6) is 0.992. The van der Waals surface area contributed by atoms with E-state index in [-0.39, 0.29) is 29.9 Å². The number of hydrogen-bond acceptors (Lipinski definition) is 4. The van der Waals surface area contributed by atoms with Gasteiger partial charge in [0, 0.05) is 51.1 Å². The van der Waals surface area contributed by atoms with Gasteiger partial charge >= 0.3 is 0 Å². The number of nitrogens with zero attached hydrogens (tertiary/aromatic N) is 2. The van der Waals surface area contributed by atoms with Crippen LogP contribution in [0, 0.1) is 0 Å². The summed E-state index contributed by atoms with van der Waals surface area (Å²) in [5, 5.41) is 9.99. The molecule has 7 nitrogen and oxygen atoms in total. The van der Waals surface area contributed by atoms with Crippen molar-refractivity contribution >= 4 is 47.2 Å². The Balaban J connectivity index is 0.00000363. The number of hydrogen-bond donors (Lipinski definition) is 3. The molecule has 3 N–H and O–H groups in total. The molecule has 2 aromatic carbocycles. The van der Waals surface area contributed by atoms with Gasteiger partial charge in [-0.05, 0) is 48.7 Å². The molecule has 0 bridgehead atoms. The summed E-state index contributed by atoms with van der Waals surface area (Å²) in [5.41, 5.74) is 4.35. The maximum absolute atomic E-state index is 11.9. The summed E-state index contributed by atoms with van der Waals surface area (Å²) in [7, 11) is 1.70. The van der Waals surface area contributed by atoms with Crippen LogP contribution in [0.15, 0.2) is 53.5 Å². The van der Waals surface area contributed by atoms with Crippen LogP contribution in [0.25, 0.3) is 0 Å². The zero-order valence-corrected chi connectivity index (χ0v) is 21.2. The van der Waals surface area contributed by atoms with Crippen molar-refractivity contribution in [1.82, 2.24) is 10.6 Å². The minimum atomic E-state index is 0. The first kappa shape index (κ1) is 25.9. The first-order chi connectivity index (χ1) is 15.2. The van der Waals surface area contributed by atoms with E-state index in [9.17, 15) is 4.79 Å². The van der Waals surface area contributed by atoms with Crippen LogP contribution in [0.1, 0.15) is 30.9 Å². The molecular formula is C24H34IN5O2. The van der Waals surface area contributed by atoms with Gasteiger partial charge in [0.25, 0.3) is 0 Å². The summed E-state index contributed by atoms with van der Waals surface area (Å²) in [6.45, 7) is 6.41. The highest BCUT2D eigenvalue weighted by molar-refractivity contribution is 14.0. The number of rotatable bonds is 10. The number of carbonyl (C=O) groups is 1. The fraction of sp³-hybridized carbons (Fsp3) is 0.417. The molecule has 1 saturated heterocycles. The Labute approximate surface area is 208 Å². The van der Waals surface area contributed by atoms with Gasteiger partial charge in [0.15, 0.2) is 5.96 Å². The van der Waals surface area contributed by atoms with Crippen LogP contribution in [0.4, 0.5) is 11.4 Å². The molecule has 3 rings (SSSR count). The van der Waals surface area contributed by atoms with Gasteiger partial charge in [-0.25, -0.2) is 4.99 Å². The van der Waals surface area contributed by atoms with Crippen LogP contribution in [-0.4, -0.2) is 45.2 Å². The van der Waals surface area contributed by atoms with Crippen molar-refractivity contribution in [2.75, 3.05) is 43.6 Å². The molecule has 32 heavy (non-hydrogen) atoms. The van der Waals surface area contributed by atoms with Crippen LogP contribution in [0.5, 0.6) is 0 Å². The molecule has 1 aliphatic rings. The van der Waals surface area contributed by atoms with Crippen molar-refractivity contribution in [2.45, 2.75) is 32.9 Å². The molecule has 0 radical (unpaired) electrons. The molecular weight excluding hydrogens is 517 g/mol. The van der Waals surface area contributed by atoms with Gasteiger partial charge in [-0.2, -0.15) is 0 Å². The van der Waals surface area contributed by atoms with E-state index in [2.05, 4.69) is 47.1 Å². The van der Waals surface area contributed by atoms with Gasteiger partial charge in [0.2, 0.25) is 5.91 Å². The van der Waals surface area contributed by atoms with E-state index in [0.29, 0.717) is 26.1 Å². The highest BCUT2D eigenvalue weighted by Crippen LogP contribution is 2.21. The lowest BCUT2D eigenvalue weighted by Crippen LogP contribution is -2.36. The monoisotopic (exact) mass is 551 g/mol. The van der Waals surface area contributed by atoms with E-state index in [1.165, 1.54) is 5.56 Å². The zero-order chi connectivity index (χ0) is 21.9. The first-order valence-corrected chi connectivity index (χ1v) is 10.9. The SMILES string of the molecule is CCNC(=NCc1ccc(N2CCCC2=O)cc1)NCc1ccc(NCCOC)cc1.I. The van der Waals surface area contributed by atoms with E-state index in [1.807, 2.05) is 29.2 Å². The van der Waals surface area contributed by atoms with Gasteiger partial charge in [-0.15, -0.1) is 24.0 Å². The number of aliphatic imine (C=N–C) groups is 1. The number of amides is 1. The summed E-state index contributed by atoms with van der Waals surface area (Å²) in [6.07, 6.45) is 1.59. The zero-order valence-electron chi connectivity index (χ0n) is 18.9. The van der Waals surface area contributed by atoms with E-state index < -0.39 is 0 Å². The number of halogens is 1. The number of anilines is 2. The standard InChI is InChI=1S/C24H33N5O2.HI/c1-3-25-24(27-17-19-6-10-21(11-7-19)26-14-16-31-2)28-18-20-8-12-22(13-9-20)29-15-4-5-23(29)30;/h6-13,26H,3-5,14-18H2,1-2H3,(H2,25,27,28);1H. The predicted molar refractivity (Wildman–Crippen MR) is 142 cm³/mol. The molecule has 0 unspecified atom stereocenters. The maximum atomic E-state index is 11.9. The molecule has 0 spiro atoms. The van der Waals surface area contributed by atoms with Crippen molar-refractivity contribution in [3.63, 3.8) is 0 Å². The molecule has 174 valence electrons. The fourth-order valence-electron chi connectivity index (χ4n) is 3.44. The van der Waals surface area contributed by atoms with Crippen LogP contribution in [0.3, 0.4) is 0 Å². The molecule has 0 aromatic heterocycles. The van der Waals surface area contributed by atoms with Crippen molar-refractivity contribution in [3.8, 4) is 0 Å².